The van der Waals surface area contributed by atoms with Crippen LogP contribution in [0, 0.1) is 19.8 Å². The predicted molar refractivity (Wildman–Crippen MR) is 130 cm³/mol. The second-order valence-electron chi connectivity index (χ2n) is 7.80. The Morgan fingerprint density at radius 3 is 2.61 bits per heavy atom. The second-order valence-corrected chi connectivity index (χ2v) is 8.18. The molecule has 1 heterocycles. The zero-order valence-corrected chi connectivity index (χ0v) is 18.8. The van der Waals surface area contributed by atoms with E-state index >= 15 is 0 Å². The van der Waals surface area contributed by atoms with Gasteiger partial charge in [-0.25, -0.2) is 4.99 Å². The topological polar surface area (TPSA) is 62.7 Å². The van der Waals surface area contributed by atoms with Crippen molar-refractivity contribution < 1.29 is 9.53 Å². The smallest absolute Gasteiger partial charge is 0.235 e. The highest BCUT2D eigenvalue weighted by Crippen LogP contribution is 2.39. The molecular formula is C25H25N3O2S. The van der Waals surface area contributed by atoms with E-state index in [2.05, 4.69) is 15.6 Å². The first kappa shape index (κ1) is 21.0. The molecule has 1 amide bonds. The number of carbonyl (C=O) groups excluding carboxylic acids is 1. The molecule has 0 spiro atoms. The lowest BCUT2D eigenvalue weighted by atomic mass is 9.84. The van der Waals surface area contributed by atoms with Gasteiger partial charge >= 0.3 is 0 Å². The van der Waals surface area contributed by atoms with Crippen molar-refractivity contribution in [3.63, 3.8) is 0 Å². The number of methoxy groups -OCH3 is 1. The number of fused-ring (bicyclic) bond motifs is 1. The number of nitrogens with one attached hydrogen (secondary N) is 2. The van der Waals surface area contributed by atoms with Crippen LogP contribution in [0.3, 0.4) is 0 Å². The van der Waals surface area contributed by atoms with Crippen molar-refractivity contribution in [1.29, 1.82) is 0 Å². The number of amides is 1. The molecule has 2 N–H and O–H groups in total. The van der Waals surface area contributed by atoms with Gasteiger partial charge in [-0.05, 0) is 67.0 Å². The highest BCUT2D eigenvalue weighted by Gasteiger charge is 2.38. The molecule has 31 heavy (non-hydrogen) atoms. The molecule has 0 aliphatic carbocycles. The molecule has 0 saturated heterocycles. The number of hydrogen-bond acceptors (Lipinski definition) is 3. The summed E-state index contributed by atoms with van der Waals surface area (Å²) in [7, 11) is 1.64. The summed E-state index contributed by atoms with van der Waals surface area (Å²) in [6.45, 7) is 5.89. The maximum absolute atomic E-state index is 13.6. The highest BCUT2D eigenvalue weighted by atomic mass is 32.1. The third kappa shape index (κ3) is 3.91. The van der Waals surface area contributed by atoms with Gasteiger partial charge in [-0.3, -0.25) is 4.79 Å². The lowest BCUT2D eigenvalue weighted by Crippen LogP contribution is -2.45. The van der Waals surface area contributed by atoms with Crippen LogP contribution in [0.1, 0.15) is 29.7 Å². The van der Waals surface area contributed by atoms with Gasteiger partial charge in [0.1, 0.15) is 11.7 Å². The standard InChI is InChI=1S/C25H25N3O2S/c1-14-8-7-11-19(15(14)2)27-24(29)21-16(3)26-25(31)28-23(21)22-18-10-6-5-9-17(18)12-13-20(22)30-4/h5-13,21,23H,1-4H3,(H,27,29)(H,28,31). The van der Waals surface area contributed by atoms with E-state index in [4.69, 9.17) is 17.0 Å². The molecule has 5 nitrogen and oxygen atoms in total. The van der Waals surface area contributed by atoms with Crippen LogP contribution in [-0.2, 0) is 4.79 Å². The minimum absolute atomic E-state index is 0.134. The third-order valence-corrected chi connectivity index (χ3v) is 6.16. The summed E-state index contributed by atoms with van der Waals surface area (Å²) >= 11 is 5.40. The molecular weight excluding hydrogens is 406 g/mol. The Morgan fingerprint density at radius 1 is 1.06 bits per heavy atom. The Hall–Kier alpha value is -3.25. The van der Waals surface area contributed by atoms with E-state index in [9.17, 15) is 4.79 Å². The number of ether oxygens (including phenoxy) is 1. The Kier molecular flexibility index (Phi) is 5.74. The van der Waals surface area contributed by atoms with Crippen LogP contribution in [0.15, 0.2) is 59.6 Å². The Labute approximate surface area is 187 Å². The van der Waals surface area contributed by atoms with E-state index in [1.165, 1.54) is 0 Å². The maximum Gasteiger partial charge on any atom is 0.235 e. The Morgan fingerprint density at radius 2 is 1.84 bits per heavy atom. The highest BCUT2D eigenvalue weighted by molar-refractivity contribution is 7.80. The number of aryl methyl sites for hydroxylation is 1. The molecule has 2 atom stereocenters. The summed E-state index contributed by atoms with van der Waals surface area (Å²) in [5.74, 6) is 0.0227. The van der Waals surface area contributed by atoms with Gasteiger partial charge in [-0.1, -0.05) is 42.5 Å². The average molecular weight is 432 g/mol. The minimum Gasteiger partial charge on any atom is -0.496 e. The molecule has 0 fully saturated rings. The molecule has 6 heteroatoms. The first-order valence-corrected chi connectivity index (χ1v) is 10.6. The fourth-order valence-corrected chi connectivity index (χ4v) is 4.44. The first-order valence-electron chi connectivity index (χ1n) is 10.2. The summed E-state index contributed by atoms with van der Waals surface area (Å²) in [6.07, 6.45) is 0. The van der Waals surface area contributed by atoms with Crippen molar-refractivity contribution in [2.24, 2.45) is 10.9 Å². The SMILES string of the molecule is COc1ccc2ccccc2c1C1NC(=S)N=C(C)C1C(=O)Nc1cccc(C)c1C. The zero-order valence-electron chi connectivity index (χ0n) is 18.0. The van der Waals surface area contributed by atoms with Gasteiger partial charge in [-0.15, -0.1) is 0 Å². The van der Waals surface area contributed by atoms with Crippen molar-refractivity contribution in [1.82, 2.24) is 5.32 Å². The number of hydrogen-bond donors (Lipinski definition) is 2. The largest absolute Gasteiger partial charge is 0.496 e. The van der Waals surface area contributed by atoms with Crippen molar-refractivity contribution >= 4 is 45.4 Å². The lowest BCUT2D eigenvalue weighted by molar-refractivity contribution is -0.118. The minimum atomic E-state index is -0.550. The molecule has 2 unspecified atom stereocenters. The summed E-state index contributed by atoms with van der Waals surface area (Å²) in [5, 5.41) is 8.84. The molecule has 1 aliphatic rings. The Balaban J connectivity index is 1.82. The summed E-state index contributed by atoms with van der Waals surface area (Å²) in [5.41, 5.74) is 4.54. The van der Waals surface area contributed by atoms with Crippen LogP contribution in [0.2, 0.25) is 0 Å². The first-order chi connectivity index (χ1) is 14.9. The number of benzene rings is 3. The number of rotatable bonds is 4. The van der Waals surface area contributed by atoms with Crippen molar-refractivity contribution in [3.8, 4) is 5.75 Å². The van der Waals surface area contributed by atoms with Gasteiger partial charge in [0.25, 0.3) is 0 Å². The molecule has 0 aromatic heterocycles. The van der Waals surface area contributed by atoms with Crippen LogP contribution >= 0.6 is 12.2 Å². The number of thiocarbonyl (C=S) groups is 1. The van der Waals surface area contributed by atoms with Crippen molar-refractivity contribution in [2.75, 3.05) is 12.4 Å². The van der Waals surface area contributed by atoms with Crippen LogP contribution in [-0.4, -0.2) is 23.8 Å². The molecule has 0 saturated carbocycles. The Bertz CT molecular complexity index is 1220. The van der Waals surface area contributed by atoms with Gasteiger partial charge in [0.05, 0.1) is 13.2 Å². The number of nitrogens with zero attached hydrogens (tertiary/aromatic N) is 1. The molecule has 0 radical (unpaired) electrons. The van der Waals surface area contributed by atoms with Crippen molar-refractivity contribution in [2.45, 2.75) is 26.8 Å². The van der Waals surface area contributed by atoms with E-state index in [1.807, 2.05) is 75.4 Å². The monoisotopic (exact) mass is 431 g/mol. The molecule has 3 aromatic rings. The van der Waals surface area contributed by atoms with Crippen LogP contribution in [0.5, 0.6) is 5.75 Å². The van der Waals surface area contributed by atoms with Crippen LogP contribution in [0.25, 0.3) is 10.8 Å². The molecule has 1 aliphatic heterocycles. The average Bonchev–Trinajstić information content (AvgIpc) is 2.75. The lowest BCUT2D eigenvalue weighted by Gasteiger charge is -2.33. The summed E-state index contributed by atoms with van der Waals surface area (Å²) < 4.78 is 5.70. The van der Waals surface area contributed by atoms with Gasteiger partial charge < -0.3 is 15.4 Å². The van der Waals surface area contributed by atoms with Gasteiger partial charge in [-0.2, -0.15) is 0 Å². The van der Waals surface area contributed by atoms with E-state index in [0.717, 1.165) is 33.2 Å². The van der Waals surface area contributed by atoms with Gasteiger partial charge in [0.2, 0.25) is 5.91 Å². The zero-order chi connectivity index (χ0) is 22.1. The van der Waals surface area contributed by atoms with Crippen LogP contribution < -0.4 is 15.4 Å². The van der Waals surface area contributed by atoms with Crippen LogP contribution in [0.4, 0.5) is 5.69 Å². The van der Waals surface area contributed by atoms with E-state index in [-0.39, 0.29) is 5.91 Å². The quantitative estimate of drug-likeness (QED) is 0.564. The van der Waals surface area contributed by atoms with Crippen molar-refractivity contribution in [3.05, 3.63) is 71.3 Å². The van der Waals surface area contributed by atoms with E-state index in [1.54, 1.807) is 7.11 Å². The van der Waals surface area contributed by atoms with Gasteiger partial charge in [0, 0.05) is 17.0 Å². The fraction of sp³-hybridized carbons (Fsp3) is 0.240. The fourth-order valence-electron chi connectivity index (χ4n) is 4.17. The maximum atomic E-state index is 13.6. The molecule has 158 valence electrons. The normalized spacial score (nSPS) is 18.3. The number of carbonyl (C=O) groups is 1. The second kappa shape index (κ2) is 8.47. The van der Waals surface area contributed by atoms with Gasteiger partial charge in [0.15, 0.2) is 5.11 Å². The number of aliphatic imine (C=N–C) groups is 1. The molecule has 3 aromatic carbocycles. The van der Waals surface area contributed by atoms with E-state index < -0.39 is 12.0 Å². The third-order valence-electron chi connectivity index (χ3n) is 5.95. The number of anilines is 1. The summed E-state index contributed by atoms with van der Waals surface area (Å²) in [4.78, 5) is 18.0. The predicted octanol–water partition coefficient (Wildman–Crippen LogP) is 5.11. The molecule has 4 rings (SSSR count). The molecule has 0 bridgehead atoms. The summed E-state index contributed by atoms with van der Waals surface area (Å²) in [6, 6.07) is 17.5. The van der Waals surface area contributed by atoms with E-state index in [0.29, 0.717) is 16.6 Å².